The zero-order chi connectivity index (χ0) is 19.9. The lowest BCUT2D eigenvalue weighted by Crippen LogP contribution is -2.51. The summed E-state index contributed by atoms with van der Waals surface area (Å²) in [6.07, 6.45) is 4.41. The van der Waals surface area contributed by atoms with Crippen LogP contribution in [0.25, 0.3) is 0 Å². The molecule has 1 atom stereocenters. The van der Waals surface area contributed by atoms with E-state index in [0.717, 1.165) is 31.4 Å². The molecular weight excluding hydrogens is 369 g/mol. The van der Waals surface area contributed by atoms with E-state index >= 15 is 0 Å². The molecule has 1 heterocycles. The number of sulfonamides is 1. The Kier molecular flexibility index (Phi) is 8.19. The van der Waals surface area contributed by atoms with Gasteiger partial charge in [-0.2, -0.15) is 4.31 Å². The molecule has 1 fully saturated rings. The first-order valence-electron chi connectivity index (χ1n) is 9.60. The summed E-state index contributed by atoms with van der Waals surface area (Å²) in [4.78, 5) is 14.2. The summed E-state index contributed by atoms with van der Waals surface area (Å²) in [7, 11) is -3.62. The Hall–Kier alpha value is -1.51. The van der Waals surface area contributed by atoms with Gasteiger partial charge in [0.25, 0.3) is 0 Å². The molecule has 1 aliphatic heterocycles. The number of nitrogens with zero attached hydrogens (tertiary/aromatic N) is 2. The van der Waals surface area contributed by atoms with E-state index in [2.05, 4.69) is 12.2 Å². The van der Waals surface area contributed by atoms with Gasteiger partial charge in [-0.1, -0.05) is 26.2 Å². The number of carbonyl (C=O) groups is 1. The van der Waals surface area contributed by atoms with Crippen molar-refractivity contribution in [1.29, 1.82) is 0 Å². The molecule has 6 nitrogen and oxygen atoms in total. The Morgan fingerprint density at radius 2 is 1.78 bits per heavy atom. The van der Waals surface area contributed by atoms with Crippen molar-refractivity contribution in [3.63, 3.8) is 0 Å². The first kappa shape index (κ1) is 21.8. The zero-order valence-corrected chi connectivity index (χ0v) is 17.0. The summed E-state index contributed by atoms with van der Waals surface area (Å²) < 4.78 is 39.6. The molecule has 1 saturated heterocycles. The molecule has 0 unspecified atom stereocenters. The second kappa shape index (κ2) is 10.1. The van der Waals surface area contributed by atoms with E-state index in [4.69, 9.17) is 0 Å². The van der Waals surface area contributed by atoms with Gasteiger partial charge in [0.05, 0.1) is 11.4 Å². The van der Waals surface area contributed by atoms with Crippen molar-refractivity contribution in [2.45, 2.75) is 50.5 Å². The Morgan fingerprint density at radius 3 is 2.37 bits per heavy atom. The summed E-state index contributed by atoms with van der Waals surface area (Å²) in [5, 5.41) is 3.01. The van der Waals surface area contributed by atoms with E-state index in [0.29, 0.717) is 26.2 Å². The van der Waals surface area contributed by atoms with E-state index in [1.807, 2.05) is 11.8 Å². The SMILES string of the molecule is CCCCC[C@@H](C)NC(=O)CN1CCN(S(=O)(=O)c2ccc(F)cc2)CC1. The summed E-state index contributed by atoms with van der Waals surface area (Å²) in [6.45, 7) is 6.08. The van der Waals surface area contributed by atoms with Crippen LogP contribution in [0.5, 0.6) is 0 Å². The normalized spacial score (nSPS) is 17.6. The van der Waals surface area contributed by atoms with Crippen molar-refractivity contribution in [3.8, 4) is 0 Å². The van der Waals surface area contributed by atoms with Crippen molar-refractivity contribution in [3.05, 3.63) is 30.1 Å². The Balaban J connectivity index is 1.79. The fourth-order valence-corrected chi connectivity index (χ4v) is 4.60. The second-order valence-electron chi connectivity index (χ2n) is 7.10. The predicted molar refractivity (Wildman–Crippen MR) is 103 cm³/mol. The van der Waals surface area contributed by atoms with Crippen LogP contribution >= 0.6 is 0 Å². The lowest BCUT2D eigenvalue weighted by molar-refractivity contribution is -0.123. The summed E-state index contributed by atoms with van der Waals surface area (Å²) in [5.74, 6) is -0.484. The number of amides is 1. The first-order chi connectivity index (χ1) is 12.8. The monoisotopic (exact) mass is 399 g/mol. The van der Waals surface area contributed by atoms with Crippen LogP contribution in [0.1, 0.15) is 39.5 Å². The number of rotatable bonds is 9. The quantitative estimate of drug-likeness (QED) is 0.647. The summed E-state index contributed by atoms with van der Waals surface area (Å²) in [6, 6.07) is 5.02. The third-order valence-electron chi connectivity index (χ3n) is 4.80. The molecule has 1 amide bonds. The molecule has 1 N–H and O–H groups in total. The largest absolute Gasteiger partial charge is 0.353 e. The number of unbranched alkanes of at least 4 members (excludes halogenated alkanes) is 2. The number of benzene rings is 1. The first-order valence-corrected chi connectivity index (χ1v) is 11.0. The average molecular weight is 400 g/mol. The topological polar surface area (TPSA) is 69.7 Å². The van der Waals surface area contributed by atoms with Gasteiger partial charge in [0, 0.05) is 32.2 Å². The van der Waals surface area contributed by atoms with Crippen LogP contribution in [0.3, 0.4) is 0 Å². The highest BCUT2D eigenvalue weighted by Gasteiger charge is 2.29. The van der Waals surface area contributed by atoms with Gasteiger partial charge in [-0.15, -0.1) is 0 Å². The molecule has 0 spiro atoms. The molecular formula is C19H30FN3O3S. The second-order valence-corrected chi connectivity index (χ2v) is 9.04. The van der Waals surface area contributed by atoms with Gasteiger partial charge in [-0.25, -0.2) is 12.8 Å². The molecule has 1 aromatic carbocycles. The van der Waals surface area contributed by atoms with Crippen molar-refractivity contribution >= 4 is 15.9 Å². The van der Waals surface area contributed by atoms with Crippen molar-refractivity contribution < 1.29 is 17.6 Å². The maximum atomic E-state index is 13.0. The van der Waals surface area contributed by atoms with Crippen molar-refractivity contribution in [1.82, 2.24) is 14.5 Å². The van der Waals surface area contributed by atoms with Gasteiger partial charge in [0.15, 0.2) is 0 Å². The van der Waals surface area contributed by atoms with Gasteiger partial charge in [-0.3, -0.25) is 9.69 Å². The van der Waals surface area contributed by atoms with Crippen LogP contribution in [-0.4, -0.2) is 62.3 Å². The Labute approximate surface area is 161 Å². The van der Waals surface area contributed by atoms with Crippen LogP contribution < -0.4 is 5.32 Å². The van der Waals surface area contributed by atoms with E-state index < -0.39 is 15.8 Å². The van der Waals surface area contributed by atoms with Gasteiger partial charge >= 0.3 is 0 Å². The fourth-order valence-electron chi connectivity index (χ4n) is 3.18. The zero-order valence-electron chi connectivity index (χ0n) is 16.2. The minimum absolute atomic E-state index is 0.0196. The molecule has 0 radical (unpaired) electrons. The van der Waals surface area contributed by atoms with Crippen LogP contribution in [0, 0.1) is 5.82 Å². The van der Waals surface area contributed by atoms with Gasteiger partial charge in [0.2, 0.25) is 15.9 Å². The van der Waals surface area contributed by atoms with E-state index in [-0.39, 0.29) is 23.4 Å². The summed E-state index contributed by atoms with van der Waals surface area (Å²) in [5.41, 5.74) is 0. The average Bonchev–Trinajstić information content (AvgIpc) is 2.62. The standard InChI is InChI=1S/C19H30FN3O3S/c1-3-4-5-6-16(2)21-19(24)15-22-11-13-23(14-12-22)27(25,26)18-9-7-17(20)8-10-18/h7-10,16H,3-6,11-15H2,1-2H3,(H,21,24)/t16-/m1/s1. The van der Waals surface area contributed by atoms with Gasteiger partial charge < -0.3 is 5.32 Å². The molecule has 0 aromatic heterocycles. The van der Waals surface area contributed by atoms with E-state index in [9.17, 15) is 17.6 Å². The number of hydrogen-bond donors (Lipinski definition) is 1. The molecule has 1 aromatic rings. The summed E-state index contributed by atoms with van der Waals surface area (Å²) >= 11 is 0. The number of piperazine rings is 1. The molecule has 0 aliphatic carbocycles. The predicted octanol–water partition coefficient (Wildman–Crippen LogP) is 2.22. The van der Waals surface area contributed by atoms with Crippen LogP contribution in [0.2, 0.25) is 0 Å². The van der Waals surface area contributed by atoms with Crippen molar-refractivity contribution in [2.24, 2.45) is 0 Å². The molecule has 27 heavy (non-hydrogen) atoms. The maximum absolute atomic E-state index is 13.0. The Bertz CT molecular complexity index is 701. The lowest BCUT2D eigenvalue weighted by Gasteiger charge is -2.33. The minimum Gasteiger partial charge on any atom is -0.353 e. The smallest absolute Gasteiger partial charge is 0.243 e. The number of hydrogen-bond acceptors (Lipinski definition) is 4. The molecule has 1 aliphatic rings. The highest BCUT2D eigenvalue weighted by molar-refractivity contribution is 7.89. The van der Waals surface area contributed by atoms with Crippen LogP contribution in [-0.2, 0) is 14.8 Å². The third-order valence-corrected chi connectivity index (χ3v) is 6.71. The molecule has 152 valence electrons. The lowest BCUT2D eigenvalue weighted by atomic mass is 10.1. The Morgan fingerprint density at radius 1 is 1.15 bits per heavy atom. The fraction of sp³-hybridized carbons (Fsp3) is 0.632. The highest BCUT2D eigenvalue weighted by atomic mass is 32.2. The molecule has 0 saturated carbocycles. The number of nitrogens with one attached hydrogen (secondary N) is 1. The number of carbonyl (C=O) groups excluding carboxylic acids is 1. The van der Waals surface area contributed by atoms with E-state index in [1.165, 1.54) is 22.9 Å². The van der Waals surface area contributed by atoms with Crippen molar-refractivity contribution in [2.75, 3.05) is 32.7 Å². The molecule has 8 heteroatoms. The molecule has 2 rings (SSSR count). The highest BCUT2D eigenvalue weighted by Crippen LogP contribution is 2.18. The maximum Gasteiger partial charge on any atom is 0.243 e. The number of halogens is 1. The van der Waals surface area contributed by atoms with E-state index in [1.54, 1.807) is 0 Å². The van der Waals surface area contributed by atoms with Gasteiger partial charge in [-0.05, 0) is 37.6 Å². The molecule has 0 bridgehead atoms. The minimum atomic E-state index is -3.62. The van der Waals surface area contributed by atoms with Crippen LogP contribution in [0.15, 0.2) is 29.2 Å². The third kappa shape index (κ3) is 6.55. The van der Waals surface area contributed by atoms with Gasteiger partial charge in [0.1, 0.15) is 5.82 Å². The van der Waals surface area contributed by atoms with Crippen LogP contribution in [0.4, 0.5) is 4.39 Å².